The van der Waals surface area contributed by atoms with Crippen LogP contribution in [0.1, 0.15) is 108 Å². The van der Waals surface area contributed by atoms with E-state index in [0.29, 0.717) is 79.3 Å². The van der Waals surface area contributed by atoms with Gasteiger partial charge >= 0.3 is 7.82 Å². The van der Waals surface area contributed by atoms with E-state index in [9.17, 15) is 47.9 Å². The molecule has 5 aliphatic rings. The number of alkyl halides is 2. The van der Waals surface area contributed by atoms with Crippen LogP contribution in [0.3, 0.4) is 0 Å². The summed E-state index contributed by atoms with van der Waals surface area (Å²) in [6, 6.07) is 15.9. The normalized spacial score (nSPS) is 21.7. The van der Waals surface area contributed by atoms with Crippen molar-refractivity contribution in [3.63, 3.8) is 0 Å². The Morgan fingerprint density at radius 2 is 1.24 bits per heavy atom. The number of carbonyl (C=O) groups is 7. The zero-order valence-corrected chi connectivity index (χ0v) is 43.1. The molecule has 2 aliphatic heterocycles. The monoisotopic (exact) mass is 1040 g/mol. The summed E-state index contributed by atoms with van der Waals surface area (Å²) in [5.41, 5.74) is 1.54. The number of phosphoric ester groups is 1. The fourth-order valence-corrected chi connectivity index (χ4v) is 12.1. The number of hydrogen-bond donors (Lipinski definition) is 5. The smallest absolute Gasteiger partial charge is 0.404 e. The summed E-state index contributed by atoms with van der Waals surface area (Å²) in [7, 11) is -4.96. The van der Waals surface area contributed by atoms with Crippen LogP contribution >= 0.6 is 31.0 Å². The highest BCUT2D eigenvalue weighted by Gasteiger charge is 2.76. The minimum atomic E-state index is -4.96. The molecule has 2 heterocycles. The average Bonchev–Trinajstić information content (AvgIpc) is 3.88. The van der Waals surface area contributed by atoms with E-state index in [0.717, 1.165) is 28.3 Å². The molecule has 382 valence electrons. The second kappa shape index (κ2) is 21.1. The van der Waals surface area contributed by atoms with E-state index in [1.165, 1.54) is 25.1 Å². The van der Waals surface area contributed by atoms with E-state index in [2.05, 4.69) is 16.0 Å². The van der Waals surface area contributed by atoms with Gasteiger partial charge in [-0.25, -0.2) is 4.57 Å². The summed E-state index contributed by atoms with van der Waals surface area (Å²) < 4.78 is 17.2. The van der Waals surface area contributed by atoms with E-state index in [4.69, 9.17) is 27.7 Å². The van der Waals surface area contributed by atoms with Crippen LogP contribution in [0, 0.1) is 16.7 Å². The van der Waals surface area contributed by atoms with E-state index >= 15 is 0 Å². The van der Waals surface area contributed by atoms with Crippen molar-refractivity contribution in [2.75, 3.05) is 40.0 Å². The number of carbonyl (C=O) groups excluding carboxylic acids is 7. The van der Waals surface area contributed by atoms with Crippen molar-refractivity contribution in [2.24, 2.45) is 16.7 Å². The molecule has 0 radical (unpaired) electrons. The predicted molar refractivity (Wildman–Crippen MR) is 276 cm³/mol. The number of hydrogen-bond acceptors (Lipinski definition) is 9. The lowest BCUT2D eigenvalue weighted by Crippen LogP contribution is -2.73. The van der Waals surface area contributed by atoms with E-state index < -0.39 is 42.6 Å². The highest BCUT2D eigenvalue weighted by Crippen LogP contribution is 2.75. The first-order valence-corrected chi connectivity index (χ1v) is 27.0. The molecule has 0 saturated heterocycles. The number of ketones is 2. The van der Waals surface area contributed by atoms with Crippen molar-refractivity contribution in [1.82, 2.24) is 10.6 Å². The van der Waals surface area contributed by atoms with Crippen LogP contribution in [0.25, 0.3) is 21.5 Å². The fraction of sp³-hybridized carbons (Fsp3) is 0.453. The van der Waals surface area contributed by atoms with Gasteiger partial charge in [-0.1, -0.05) is 75.2 Å². The van der Waals surface area contributed by atoms with Gasteiger partial charge in [-0.15, -0.1) is 23.2 Å². The Hall–Kier alpha value is -5.64. The van der Waals surface area contributed by atoms with Crippen LogP contribution < -0.4 is 30.3 Å². The van der Waals surface area contributed by atoms with Gasteiger partial charge in [-0.3, -0.25) is 43.3 Å². The Kier molecular flexibility index (Phi) is 15.4. The van der Waals surface area contributed by atoms with Gasteiger partial charge in [0, 0.05) is 72.1 Å². The molecule has 4 aromatic rings. The number of halogens is 2. The molecule has 5 amide bonds. The number of fused-ring (bicyclic) bond motifs is 6. The second-order valence-electron chi connectivity index (χ2n) is 20.3. The van der Waals surface area contributed by atoms with Crippen molar-refractivity contribution in [3.8, 4) is 5.75 Å². The Balaban J connectivity index is 0.930. The van der Waals surface area contributed by atoms with E-state index in [1.54, 1.807) is 54.8 Å². The highest BCUT2D eigenvalue weighted by atomic mass is 35.5. The van der Waals surface area contributed by atoms with Gasteiger partial charge in [-0.05, 0) is 92.0 Å². The third-order valence-corrected chi connectivity index (χ3v) is 15.8. The molecule has 5 N–H and O–H groups in total. The number of nitrogens with one attached hydrogen (secondary N) is 3. The van der Waals surface area contributed by atoms with Gasteiger partial charge in [0.2, 0.25) is 29.5 Å². The maximum Gasteiger partial charge on any atom is 0.524 e. The highest BCUT2D eigenvalue weighted by molar-refractivity contribution is 7.46. The summed E-state index contributed by atoms with van der Waals surface area (Å²) in [5.74, 6) is -2.37. The molecule has 9 rings (SSSR count). The first-order valence-electron chi connectivity index (χ1n) is 24.4. The summed E-state index contributed by atoms with van der Waals surface area (Å²) in [6.07, 6.45) is 6.61. The molecule has 16 nitrogen and oxygen atoms in total. The van der Waals surface area contributed by atoms with Crippen LogP contribution in [0.15, 0.2) is 72.8 Å². The zero-order valence-electron chi connectivity index (χ0n) is 40.7. The van der Waals surface area contributed by atoms with Crippen LogP contribution in [-0.4, -0.2) is 87.8 Å². The standard InChI is InChI=1S/C53H60Cl2N5O11P/c1-30(2)47(58-44(63)18-8-6-5-7-13-35(62)20-19-31(3)61)49(65)56-32(4)48(64)57-40-21-41-45(38-16-11-9-14-36(38)40)33(23-54)25-59(41)50(66)52-27-53(28-52,29-52)51(67)60-26-34(24-55)46-39-17-12-10-15-37(39)43(22-42(46)60)71-72(68,69)70/h9-12,14-17,19-22,30,32-34,47H,5-8,13,18,23-29H2,1-4H3,(H,56,65)(H,57,64)(H,58,63)(H2,68,69,70)/b20-19-. The van der Waals surface area contributed by atoms with Crippen molar-refractivity contribution < 1.29 is 52.4 Å². The van der Waals surface area contributed by atoms with Crippen LogP contribution in [0.2, 0.25) is 0 Å². The van der Waals surface area contributed by atoms with Crippen LogP contribution in [0.5, 0.6) is 5.75 Å². The molecule has 4 aromatic carbocycles. The van der Waals surface area contributed by atoms with Gasteiger partial charge in [0.25, 0.3) is 0 Å². The van der Waals surface area contributed by atoms with Crippen LogP contribution in [0.4, 0.5) is 17.1 Å². The van der Waals surface area contributed by atoms with Crippen molar-refractivity contribution in [3.05, 3.63) is 83.9 Å². The van der Waals surface area contributed by atoms with E-state index in [1.807, 2.05) is 30.3 Å². The lowest BCUT2D eigenvalue weighted by atomic mass is 9.34. The quantitative estimate of drug-likeness (QED) is 0.0231. The van der Waals surface area contributed by atoms with Crippen molar-refractivity contribution in [1.29, 1.82) is 0 Å². The number of unbranched alkanes of at least 4 members (excludes halogenated alkanes) is 3. The Morgan fingerprint density at radius 1 is 0.722 bits per heavy atom. The number of amides is 5. The lowest BCUT2D eigenvalue weighted by molar-refractivity contribution is -0.205. The summed E-state index contributed by atoms with van der Waals surface area (Å²) in [4.78, 5) is 116. The third-order valence-electron chi connectivity index (χ3n) is 14.7. The number of benzene rings is 4. The van der Waals surface area contributed by atoms with Crippen molar-refractivity contribution >= 4 is 111 Å². The maximum atomic E-state index is 14.8. The van der Waals surface area contributed by atoms with Gasteiger partial charge in [0.1, 0.15) is 17.8 Å². The van der Waals surface area contributed by atoms with Crippen molar-refractivity contribution in [2.45, 2.75) is 109 Å². The molecule has 2 bridgehead atoms. The summed E-state index contributed by atoms with van der Waals surface area (Å²) in [6.45, 7) is 7.08. The fourth-order valence-electron chi connectivity index (χ4n) is 11.2. The van der Waals surface area contributed by atoms with Crippen LogP contribution in [-0.2, 0) is 38.1 Å². The summed E-state index contributed by atoms with van der Waals surface area (Å²) >= 11 is 13.1. The molecule has 19 heteroatoms. The predicted octanol–water partition coefficient (Wildman–Crippen LogP) is 8.31. The molecule has 3 aliphatic carbocycles. The largest absolute Gasteiger partial charge is 0.524 e. The maximum absolute atomic E-state index is 14.8. The average molecular weight is 1040 g/mol. The molecule has 3 fully saturated rings. The number of nitrogens with zero attached hydrogens (tertiary/aromatic N) is 2. The van der Waals surface area contributed by atoms with Gasteiger partial charge < -0.3 is 30.3 Å². The molecule has 3 saturated carbocycles. The van der Waals surface area contributed by atoms with Gasteiger partial charge in [-0.2, -0.15) is 0 Å². The van der Waals surface area contributed by atoms with E-state index in [-0.39, 0.29) is 77.5 Å². The Bertz CT molecular complexity index is 2940. The number of rotatable bonds is 21. The second-order valence-corrected chi connectivity index (χ2v) is 22.1. The third kappa shape index (κ3) is 10.4. The topological polar surface area (TPSA) is 229 Å². The lowest BCUT2D eigenvalue weighted by Gasteiger charge is -2.69. The van der Waals surface area contributed by atoms with Gasteiger partial charge in [0.15, 0.2) is 11.6 Å². The minimum absolute atomic E-state index is 0.0515. The molecule has 4 atom stereocenters. The molecule has 72 heavy (non-hydrogen) atoms. The number of anilines is 3. The SMILES string of the molecule is CC(=O)/C=C\C(=O)CCCCCCC(=O)NC(C(=O)NC(C)C(=O)Nc1cc2c(c3ccccc13)C(CCl)CN2C(=O)C12CC(C(=O)N3CC(CCl)c4c3cc(OP(=O)(O)O)c3ccccc43)(C1)C2)C(C)C. The summed E-state index contributed by atoms with van der Waals surface area (Å²) in [5, 5.41) is 11.3. The minimum Gasteiger partial charge on any atom is -0.404 e. The molecular formula is C53H60Cl2N5O11P. The number of phosphoric acid groups is 1. The zero-order chi connectivity index (χ0) is 51.9. The molecular weight excluding hydrogens is 984 g/mol. The Morgan fingerprint density at radius 3 is 1.76 bits per heavy atom. The Labute approximate surface area is 427 Å². The van der Waals surface area contributed by atoms with Gasteiger partial charge in [0.05, 0.1) is 22.2 Å². The first-order chi connectivity index (χ1) is 34.2. The molecule has 0 aromatic heterocycles. The number of allylic oxidation sites excluding steroid dienone is 2. The first kappa shape index (κ1) is 52.7. The molecule has 4 unspecified atom stereocenters. The molecule has 0 spiro atoms.